The highest BCUT2D eigenvalue weighted by molar-refractivity contribution is 7.88. The number of nitrogens with one attached hydrogen (secondary N) is 1. The molecule has 1 aromatic heterocycles. The van der Waals surface area contributed by atoms with Crippen LogP contribution in [0, 0.1) is 5.82 Å². The van der Waals surface area contributed by atoms with Gasteiger partial charge in [0.05, 0.1) is 5.75 Å². The fourth-order valence-electron chi connectivity index (χ4n) is 2.70. The number of aromatic nitrogens is 1. The zero-order chi connectivity index (χ0) is 17.0. The third-order valence-electron chi connectivity index (χ3n) is 4.01. The Balaban J connectivity index is 1.56. The summed E-state index contributed by atoms with van der Waals surface area (Å²) < 4.78 is 39.6. The Morgan fingerprint density at radius 3 is 2.33 bits per heavy atom. The predicted molar refractivity (Wildman–Crippen MR) is 91.5 cm³/mol. The zero-order valence-electron chi connectivity index (χ0n) is 13.3. The molecule has 1 aliphatic rings. The molecule has 24 heavy (non-hydrogen) atoms. The molecule has 0 spiro atoms. The van der Waals surface area contributed by atoms with Crippen molar-refractivity contribution in [2.24, 2.45) is 0 Å². The van der Waals surface area contributed by atoms with Crippen molar-refractivity contribution in [3.8, 4) is 0 Å². The summed E-state index contributed by atoms with van der Waals surface area (Å²) in [6.45, 7) is 2.24. The number of pyridine rings is 1. The number of hydrogen-bond donors (Lipinski definition) is 1. The van der Waals surface area contributed by atoms with Crippen LogP contribution in [0.2, 0.25) is 0 Å². The second kappa shape index (κ2) is 7.27. The van der Waals surface area contributed by atoms with E-state index in [0.29, 0.717) is 5.56 Å². The minimum Gasteiger partial charge on any atom is -0.357 e. The van der Waals surface area contributed by atoms with Crippen molar-refractivity contribution in [2.75, 3.05) is 18.0 Å². The van der Waals surface area contributed by atoms with E-state index < -0.39 is 10.0 Å². The first kappa shape index (κ1) is 16.9. The van der Waals surface area contributed by atoms with Gasteiger partial charge in [-0.15, -0.1) is 0 Å². The molecule has 5 nitrogen and oxygen atoms in total. The number of anilines is 1. The lowest BCUT2D eigenvalue weighted by Crippen LogP contribution is -2.25. The lowest BCUT2D eigenvalue weighted by Gasteiger charge is -2.16. The molecule has 2 heterocycles. The second-order valence-corrected chi connectivity index (χ2v) is 7.73. The Morgan fingerprint density at radius 1 is 1.04 bits per heavy atom. The summed E-state index contributed by atoms with van der Waals surface area (Å²) in [6, 6.07) is 9.27. The molecular formula is C17H20FN3O2S. The molecule has 0 amide bonds. The standard InChI is InChI=1S/C17H20FN3O2S/c18-16-6-3-14(4-7-16)13-24(22,23)20-12-15-5-8-17(19-11-15)21-9-1-2-10-21/h3-8,11,20H,1-2,9-10,12-13H2. The van der Waals surface area contributed by atoms with Crippen LogP contribution >= 0.6 is 0 Å². The number of nitrogens with zero attached hydrogens (tertiary/aromatic N) is 2. The Labute approximate surface area is 141 Å². The third-order valence-corrected chi connectivity index (χ3v) is 5.30. The fourth-order valence-corrected chi connectivity index (χ4v) is 3.82. The molecule has 0 aliphatic carbocycles. The van der Waals surface area contributed by atoms with Crippen molar-refractivity contribution in [1.82, 2.24) is 9.71 Å². The van der Waals surface area contributed by atoms with Gasteiger partial charge in [-0.05, 0) is 42.2 Å². The number of hydrogen-bond acceptors (Lipinski definition) is 4. The molecule has 1 aliphatic heterocycles. The zero-order valence-corrected chi connectivity index (χ0v) is 14.1. The van der Waals surface area contributed by atoms with Gasteiger partial charge >= 0.3 is 0 Å². The molecule has 0 atom stereocenters. The van der Waals surface area contributed by atoms with E-state index in [2.05, 4.69) is 14.6 Å². The molecule has 0 unspecified atom stereocenters. The second-order valence-electron chi connectivity index (χ2n) is 5.93. The summed E-state index contributed by atoms with van der Waals surface area (Å²) >= 11 is 0. The molecule has 3 rings (SSSR count). The minimum absolute atomic E-state index is 0.174. The maximum absolute atomic E-state index is 12.9. The van der Waals surface area contributed by atoms with Gasteiger partial charge < -0.3 is 4.90 Å². The van der Waals surface area contributed by atoms with Crippen LogP contribution in [0.1, 0.15) is 24.0 Å². The van der Waals surface area contributed by atoms with Gasteiger partial charge in [0.1, 0.15) is 11.6 Å². The first-order valence-electron chi connectivity index (χ1n) is 7.93. The smallest absolute Gasteiger partial charge is 0.216 e. The van der Waals surface area contributed by atoms with Crippen LogP contribution in [0.25, 0.3) is 0 Å². The minimum atomic E-state index is -3.48. The first-order chi connectivity index (χ1) is 11.5. The maximum atomic E-state index is 12.9. The Bertz CT molecular complexity index is 770. The largest absolute Gasteiger partial charge is 0.357 e. The van der Waals surface area contributed by atoms with Gasteiger partial charge in [-0.2, -0.15) is 0 Å². The van der Waals surface area contributed by atoms with Crippen molar-refractivity contribution in [3.63, 3.8) is 0 Å². The van der Waals surface area contributed by atoms with Gasteiger partial charge in [-0.1, -0.05) is 18.2 Å². The summed E-state index contributed by atoms with van der Waals surface area (Å²) in [6.07, 6.45) is 4.08. The Kier molecular flexibility index (Phi) is 5.11. The van der Waals surface area contributed by atoms with E-state index in [9.17, 15) is 12.8 Å². The highest BCUT2D eigenvalue weighted by atomic mass is 32.2. The lowest BCUT2D eigenvalue weighted by atomic mass is 10.2. The third kappa shape index (κ3) is 4.52. The molecule has 1 saturated heterocycles. The van der Waals surface area contributed by atoms with Crippen LogP contribution in [-0.4, -0.2) is 26.5 Å². The van der Waals surface area contributed by atoms with Gasteiger partial charge in [-0.25, -0.2) is 22.5 Å². The van der Waals surface area contributed by atoms with Gasteiger partial charge in [0.25, 0.3) is 0 Å². The van der Waals surface area contributed by atoms with E-state index in [0.717, 1.165) is 24.5 Å². The van der Waals surface area contributed by atoms with Crippen LogP contribution in [0.15, 0.2) is 42.6 Å². The number of sulfonamides is 1. The molecule has 0 saturated carbocycles. The molecule has 7 heteroatoms. The predicted octanol–water partition coefficient (Wildman–Crippen LogP) is 2.44. The Morgan fingerprint density at radius 2 is 1.71 bits per heavy atom. The van der Waals surface area contributed by atoms with Crippen molar-refractivity contribution in [2.45, 2.75) is 25.1 Å². The highest BCUT2D eigenvalue weighted by Crippen LogP contribution is 2.17. The molecule has 0 bridgehead atoms. The average molecular weight is 349 g/mol. The molecule has 2 aromatic rings. The van der Waals surface area contributed by atoms with Crippen molar-refractivity contribution in [1.29, 1.82) is 0 Å². The van der Waals surface area contributed by atoms with E-state index in [1.54, 1.807) is 6.20 Å². The number of rotatable bonds is 6. The summed E-state index contributed by atoms with van der Waals surface area (Å²) in [7, 11) is -3.48. The van der Waals surface area contributed by atoms with E-state index in [1.807, 2.05) is 12.1 Å². The fraction of sp³-hybridized carbons (Fsp3) is 0.353. The first-order valence-corrected chi connectivity index (χ1v) is 9.59. The summed E-state index contributed by atoms with van der Waals surface area (Å²) in [5.41, 5.74) is 1.35. The van der Waals surface area contributed by atoms with Crippen LogP contribution in [0.5, 0.6) is 0 Å². The molecule has 128 valence electrons. The van der Waals surface area contributed by atoms with Gasteiger partial charge in [0.15, 0.2) is 0 Å². The van der Waals surface area contributed by atoms with Crippen molar-refractivity contribution < 1.29 is 12.8 Å². The molecule has 0 radical (unpaired) electrons. The average Bonchev–Trinajstić information content (AvgIpc) is 3.10. The summed E-state index contributed by atoms with van der Waals surface area (Å²) in [4.78, 5) is 6.63. The maximum Gasteiger partial charge on any atom is 0.216 e. The molecular weight excluding hydrogens is 329 g/mol. The van der Waals surface area contributed by atoms with Gasteiger partial charge in [0.2, 0.25) is 10.0 Å². The lowest BCUT2D eigenvalue weighted by molar-refractivity contribution is 0.580. The Hall–Kier alpha value is -1.99. The number of benzene rings is 1. The van der Waals surface area contributed by atoms with Crippen molar-refractivity contribution in [3.05, 3.63) is 59.5 Å². The van der Waals surface area contributed by atoms with Crippen LogP contribution in [0.4, 0.5) is 10.2 Å². The normalized spacial score (nSPS) is 15.0. The van der Waals surface area contributed by atoms with E-state index >= 15 is 0 Å². The van der Waals surface area contributed by atoms with E-state index in [-0.39, 0.29) is 18.1 Å². The SMILES string of the molecule is O=S(=O)(Cc1ccc(F)cc1)NCc1ccc(N2CCCC2)nc1. The monoisotopic (exact) mass is 349 g/mol. The van der Waals surface area contributed by atoms with Crippen LogP contribution in [0.3, 0.4) is 0 Å². The van der Waals surface area contributed by atoms with Crippen LogP contribution in [-0.2, 0) is 22.3 Å². The van der Waals surface area contributed by atoms with Crippen LogP contribution < -0.4 is 9.62 Å². The molecule has 1 fully saturated rings. The van der Waals surface area contributed by atoms with Gasteiger partial charge in [0, 0.05) is 25.8 Å². The van der Waals surface area contributed by atoms with E-state index in [4.69, 9.17) is 0 Å². The summed E-state index contributed by atoms with van der Waals surface area (Å²) in [5, 5.41) is 0. The number of halogens is 1. The van der Waals surface area contributed by atoms with Gasteiger partial charge in [-0.3, -0.25) is 0 Å². The molecule has 1 N–H and O–H groups in total. The molecule has 1 aromatic carbocycles. The van der Waals surface area contributed by atoms with Crippen molar-refractivity contribution >= 4 is 15.8 Å². The highest BCUT2D eigenvalue weighted by Gasteiger charge is 2.14. The quantitative estimate of drug-likeness (QED) is 0.870. The topological polar surface area (TPSA) is 62.3 Å². The summed E-state index contributed by atoms with van der Waals surface area (Å²) in [5.74, 6) is 0.380. The van der Waals surface area contributed by atoms with E-state index in [1.165, 1.54) is 37.1 Å².